The minimum atomic E-state index is -1.97. The van der Waals surface area contributed by atoms with Crippen molar-refractivity contribution in [2.45, 2.75) is 159 Å². The molecular weight excluding hydrogens is 1060 g/mol. The standard InChI is InChI=1S/C51H75N9O20/c1-49(2,3)79-45(65)54-24-36(61)43(64)55-35-22-34(57-47(67)75-26-29-12-16-31(17-13-29)60(72)73)37(38(62)41(35)78-44-39(63)42(51(7,69)27-76-44)58(8)48(68)80-50(4,5)6)40-33(19-18-32(77-40)23-53-21-9-20-52)56-46(66)74-25-28-10-14-30(15-11-28)59(70)71/h10-18,33-42,44,53,61-63,69H,9,19-27,52H2,1-8H3,(H,54,65)(H,55,64)(H,56,66)(H,57,67)/t33-,34+,35-,36+,37-,38+,39-,40?,41+,42-,44-,51+/m1/s1. The maximum Gasteiger partial charge on any atom is 0.410 e. The zero-order valence-corrected chi connectivity index (χ0v) is 45.9. The average Bonchev–Trinajstić information content (AvgIpc) is 3.37. The van der Waals surface area contributed by atoms with Gasteiger partial charge in [0.25, 0.3) is 17.3 Å². The van der Waals surface area contributed by atoms with Crippen molar-refractivity contribution in [3.8, 4) is 0 Å². The fourth-order valence-corrected chi connectivity index (χ4v) is 9.19. The number of hydrogen-bond donors (Lipinski definition) is 10. The van der Waals surface area contributed by atoms with Crippen LogP contribution in [0.3, 0.4) is 0 Å². The molecular formula is C51H75N9O20. The Kier molecular flexibility index (Phi) is 22.3. The molecule has 444 valence electrons. The number of aliphatic hydroxyl groups excluding tert-OH is 3. The largest absolute Gasteiger partial charge is 0.491 e. The first kappa shape index (κ1) is 63.8. The van der Waals surface area contributed by atoms with E-state index in [1.54, 1.807) is 47.6 Å². The Morgan fingerprint density at radius 1 is 0.825 bits per heavy atom. The number of hydrogen-bond acceptors (Lipinski definition) is 22. The Bertz CT molecular complexity index is 2490. The van der Waals surface area contributed by atoms with Crippen LogP contribution in [-0.4, -0.2) is 183 Å². The first-order valence-corrected chi connectivity index (χ1v) is 25.8. The third-order valence-electron chi connectivity index (χ3n) is 12.9. The highest BCUT2D eigenvalue weighted by molar-refractivity contribution is 5.82. The molecule has 0 bridgehead atoms. The molecule has 2 aliphatic heterocycles. The van der Waals surface area contributed by atoms with Crippen LogP contribution < -0.4 is 32.3 Å². The van der Waals surface area contributed by atoms with Gasteiger partial charge >= 0.3 is 24.4 Å². The first-order valence-electron chi connectivity index (χ1n) is 25.8. The number of nitrogens with zero attached hydrogens (tertiary/aromatic N) is 3. The number of benzene rings is 2. The van der Waals surface area contributed by atoms with Crippen LogP contribution in [-0.2, 0) is 51.2 Å². The van der Waals surface area contributed by atoms with Crippen molar-refractivity contribution in [1.29, 1.82) is 0 Å². The lowest BCUT2D eigenvalue weighted by molar-refractivity contribution is -0.385. The van der Waals surface area contributed by atoms with Crippen molar-refractivity contribution in [3.05, 3.63) is 91.7 Å². The number of nitro groups is 2. The van der Waals surface area contributed by atoms with Crippen molar-refractivity contribution in [3.63, 3.8) is 0 Å². The summed E-state index contributed by atoms with van der Waals surface area (Å²) in [7, 11) is 1.28. The van der Waals surface area contributed by atoms with Gasteiger partial charge in [-0.3, -0.25) is 25.0 Å². The summed E-state index contributed by atoms with van der Waals surface area (Å²) < 4.78 is 40.8. The quantitative estimate of drug-likeness (QED) is 0.0369. The maximum atomic E-state index is 14.0. The van der Waals surface area contributed by atoms with E-state index in [1.165, 1.54) is 62.5 Å². The van der Waals surface area contributed by atoms with Crippen LogP contribution in [0.2, 0.25) is 0 Å². The Hall–Kier alpha value is -6.99. The van der Waals surface area contributed by atoms with Crippen LogP contribution in [0.5, 0.6) is 0 Å². The van der Waals surface area contributed by atoms with Crippen LogP contribution >= 0.6 is 0 Å². The molecule has 1 unspecified atom stereocenters. The van der Waals surface area contributed by atoms with Gasteiger partial charge in [0.2, 0.25) is 0 Å². The zero-order valence-electron chi connectivity index (χ0n) is 45.9. The van der Waals surface area contributed by atoms with Crippen molar-refractivity contribution in [1.82, 2.24) is 31.5 Å². The number of rotatable bonds is 21. The second kappa shape index (κ2) is 27.9. The van der Waals surface area contributed by atoms with Crippen molar-refractivity contribution < 1.29 is 87.4 Å². The van der Waals surface area contributed by atoms with Gasteiger partial charge < -0.3 is 90.8 Å². The Balaban J connectivity index is 1.56. The fraction of sp³-hybridized carbons (Fsp3) is 0.627. The highest BCUT2D eigenvalue weighted by Crippen LogP contribution is 2.39. The van der Waals surface area contributed by atoms with Crippen molar-refractivity contribution in [2.24, 2.45) is 11.7 Å². The van der Waals surface area contributed by atoms with Gasteiger partial charge in [-0.2, -0.15) is 0 Å². The van der Waals surface area contributed by atoms with E-state index in [0.717, 1.165) is 4.90 Å². The van der Waals surface area contributed by atoms with E-state index in [0.29, 0.717) is 36.4 Å². The number of aliphatic hydroxyl groups is 4. The molecule has 1 saturated carbocycles. The van der Waals surface area contributed by atoms with Gasteiger partial charge in [-0.1, -0.05) is 0 Å². The van der Waals surface area contributed by atoms with Crippen LogP contribution in [0.1, 0.15) is 78.9 Å². The van der Waals surface area contributed by atoms with Crippen LogP contribution in [0.25, 0.3) is 0 Å². The van der Waals surface area contributed by atoms with Crippen LogP contribution in [0.4, 0.5) is 30.6 Å². The summed E-state index contributed by atoms with van der Waals surface area (Å²) in [6.45, 7) is 9.93. The summed E-state index contributed by atoms with van der Waals surface area (Å²) in [5.41, 5.74) is 2.18. The number of carbonyl (C=O) groups is 5. The number of amides is 5. The third-order valence-corrected chi connectivity index (χ3v) is 12.9. The second-order valence-corrected chi connectivity index (χ2v) is 21.8. The molecule has 5 rings (SSSR count). The summed E-state index contributed by atoms with van der Waals surface area (Å²) in [4.78, 5) is 89.9. The molecule has 12 atom stereocenters. The van der Waals surface area contributed by atoms with E-state index in [4.69, 9.17) is 38.9 Å². The number of carbonyl (C=O) groups excluding carboxylic acids is 5. The van der Waals surface area contributed by atoms with Crippen molar-refractivity contribution in [2.75, 3.05) is 39.8 Å². The van der Waals surface area contributed by atoms with E-state index in [2.05, 4.69) is 26.6 Å². The van der Waals surface area contributed by atoms with Crippen LogP contribution in [0.15, 0.2) is 60.4 Å². The smallest absolute Gasteiger partial charge is 0.410 e. The molecule has 0 radical (unpaired) electrons. The number of alkyl carbamates (subject to hydrolysis) is 3. The highest BCUT2D eigenvalue weighted by Gasteiger charge is 2.56. The Morgan fingerprint density at radius 3 is 1.90 bits per heavy atom. The first-order chi connectivity index (χ1) is 37.5. The summed E-state index contributed by atoms with van der Waals surface area (Å²) in [6.07, 6.45) is -12.8. The van der Waals surface area contributed by atoms with E-state index < -0.39 is 150 Å². The van der Waals surface area contributed by atoms with Gasteiger partial charge in [0.1, 0.15) is 60.2 Å². The predicted octanol–water partition coefficient (Wildman–Crippen LogP) is 1.84. The molecule has 29 heteroatoms. The normalized spacial score (nSPS) is 26.2. The SMILES string of the molecule is CN(C(=O)OC(C)(C)C)[C@@H]1[C@@H](O)[C@@H](O[C@@H]2[C@@H](O)[C@H](C3OC(CNCCCN)=CC[C@H]3NC(=O)OCc3ccc([N+](=O)[O-])cc3)[C@@H](NC(=O)OCc3ccc([N+](=O)[O-])cc3)C[C@H]2NC(=O)[C@@H](O)CNC(=O)OC(C)(C)C)OC[C@]1(C)O. The molecule has 1 saturated heterocycles. The summed E-state index contributed by atoms with van der Waals surface area (Å²) in [5.74, 6) is -2.21. The summed E-state index contributed by atoms with van der Waals surface area (Å²) in [6, 6.07) is 5.03. The minimum Gasteiger partial charge on any atom is -0.491 e. The Morgan fingerprint density at radius 2 is 1.38 bits per heavy atom. The van der Waals surface area contributed by atoms with Gasteiger partial charge in [-0.15, -0.1) is 0 Å². The molecule has 11 N–H and O–H groups in total. The minimum absolute atomic E-state index is 0.0203. The maximum absolute atomic E-state index is 14.0. The van der Waals surface area contributed by atoms with E-state index in [-0.39, 0.29) is 30.9 Å². The number of ether oxygens (including phenoxy) is 7. The number of nitro benzene ring substituents is 2. The van der Waals surface area contributed by atoms with Gasteiger partial charge in [0.05, 0.1) is 53.8 Å². The van der Waals surface area contributed by atoms with E-state index >= 15 is 0 Å². The van der Waals surface area contributed by atoms with Gasteiger partial charge in [0.15, 0.2) is 6.29 Å². The van der Waals surface area contributed by atoms with Gasteiger partial charge in [-0.05, 0) is 122 Å². The third kappa shape index (κ3) is 18.5. The molecule has 3 aliphatic rings. The number of nitrogens with two attached hydrogens (primary N) is 1. The second-order valence-electron chi connectivity index (χ2n) is 21.8. The van der Waals surface area contributed by atoms with Crippen molar-refractivity contribution >= 4 is 41.7 Å². The number of nitrogens with one attached hydrogen (secondary N) is 5. The molecule has 2 heterocycles. The molecule has 2 aromatic rings. The molecule has 0 spiro atoms. The lowest BCUT2D eigenvalue weighted by atomic mass is 9.72. The molecule has 1 aliphatic carbocycles. The number of non-ortho nitro benzene ring substituents is 2. The molecule has 5 amide bonds. The fourth-order valence-electron chi connectivity index (χ4n) is 9.19. The number of likely N-dealkylation sites (N-methyl/N-ethyl adjacent to an activating group) is 1. The zero-order chi connectivity index (χ0) is 59.3. The van der Waals surface area contributed by atoms with Gasteiger partial charge in [-0.25, -0.2) is 19.2 Å². The topological polar surface area (TPSA) is 407 Å². The predicted molar refractivity (Wildman–Crippen MR) is 280 cm³/mol. The monoisotopic (exact) mass is 1130 g/mol. The highest BCUT2D eigenvalue weighted by atomic mass is 16.7. The lowest BCUT2D eigenvalue weighted by Crippen LogP contribution is -2.71. The molecule has 0 aromatic heterocycles. The molecule has 2 fully saturated rings. The summed E-state index contributed by atoms with van der Waals surface area (Å²) >= 11 is 0. The van der Waals surface area contributed by atoms with Crippen LogP contribution in [0, 0.1) is 26.1 Å². The molecule has 80 heavy (non-hydrogen) atoms. The lowest BCUT2D eigenvalue weighted by Gasteiger charge is -2.52. The average molecular weight is 1130 g/mol. The van der Waals surface area contributed by atoms with E-state index in [9.17, 15) is 64.6 Å². The molecule has 2 aromatic carbocycles. The van der Waals surface area contributed by atoms with E-state index in [1.807, 2.05) is 0 Å². The Labute approximate surface area is 461 Å². The molecule has 29 nitrogen and oxygen atoms in total. The van der Waals surface area contributed by atoms with Gasteiger partial charge in [0, 0.05) is 43.3 Å². The summed E-state index contributed by atoms with van der Waals surface area (Å²) in [5, 5.41) is 83.9.